The van der Waals surface area contributed by atoms with Crippen molar-refractivity contribution in [3.05, 3.63) is 33.7 Å². The summed E-state index contributed by atoms with van der Waals surface area (Å²) in [6.45, 7) is 4.97. The minimum atomic E-state index is -0.618. The second kappa shape index (κ2) is 6.87. The Morgan fingerprint density at radius 2 is 1.91 bits per heavy atom. The smallest absolute Gasteiger partial charge is 0.326 e. The average Bonchev–Trinajstić information content (AvgIpc) is 2.72. The fraction of sp³-hybridized carbons (Fsp3) is 0.312. The molecule has 1 heterocycles. The average molecular weight is 335 g/mol. The van der Waals surface area contributed by atoms with Crippen LogP contribution in [0.4, 0.5) is 4.79 Å². The lowest BCUT2D eigenvalue weighted by atomic mass is 10.1. The van der Waals surface area contributed by atoms with E-state index >= 15 is 0 Å². The standard InChI is InChI=1S/C16H17NO5S/c1-4-22-13(18)8-17-15(20)12(23-16(17)21)7-11-5-9(2)14(19)10(3)6-11/h5-7,19H,4,8H2,1-3H3. The number of carbonyl (C=O) groups is 3. The van der Waals surface area contributed by atoms with Crippen molar-refractivity contribution in [1.29, 1.82) is 0 Å². The second-order valence-electron chi connectivity index (χ2n) is 5.08. The molecule has 1 aromatic rings. The van der Waals surface area contributed by atoms with Gasteiger partial charge in [0.2, 0.25) is 0 Å². The van der Waals surface area contributed by atoms with Crippen LogP contribution in [0.15, 0.2) is 17.0 Å². The number of esters is 1. The van der Waals surface area contributed by atoms with Crippen molar-refractivity contribution in [3.8, 4) is 5.75 Å². The van der Waals surface area contributed by atoms with E-state index in [1.165, 1.54) is 0 Å². The monoisotopic (exact) mass is 335 g/mol. The van der Waals surface area contributed by atoms with Crippen LogP contribution in [0.3, 0.4) is 0 Å². The number of hydrogen-bond acceptors (Lipinski definition) is 6. The number of phenolic OH excluding ortho intramolecular Hbond substituents is 1. The Labute approximate surface area is 138 Å². The van der Waals surface area contributed by atoms with Crippen molar-refractivity contribution < 1.29 is 24.2 Å². The van der Waals surface area contributed by atoms with Gasteiger partial charge in [-0.1, -0.05) is 0 Å². The van der Waals surface area contributed by atoms with Gasteiger partial charge in [-0.3, -0.25) is 19.3 Å². The lowest BCUT2D eigenvalue weighted by Gasteiger charge is -2.10. The van der Waals surface area contributed by atoms with E-state index in [1.54, 1.807) is 39.0 Å². The first-order valence-electron chi connectivity index (χ1n) is 7.04. The molecule has 7 heteroatoms. The van der Waals surface area contributed by atoms with Crippen molar-refractivity contribution in [2.24, 2.45) is 0 Å². The molecule has 1 fully saturated rings. The van der Waals surface area contributed by atoms with E-state index in [9.17, 15) is 19.5 Å². The molecule has 122 valence electrons. The van der Waals surface area contributed by atoms with Crippen molar-refractivity contribution >= 4 is 35.0 Å². The minimum Gasteiger partial charge on any atom is -0.507 e. The summed E-state index contributed by atoms with van der Waals surface area (Å²) in [4.78, 5) is 36.7. The lowest BCUT2D eigenvalue weighted by molar-refractivity contribution is -0.145. The van der Waals surface area contributed by atoms with Crippen molar-refractivity contribution in [2.75, 3.05) is 13.2 Å². The fourth-order valence-electron chi connectivity index (χ4n) is 2.20. The van der Waals surface area contributed by atoms with Gasteiger partial charge >= 0.3 is 5.97 Å². The van der Waals surface area contributed by atoms with Gasteiger partial charge < -0.3 is 9.84 Å². The quantitative estimate of drug-likeness (QED) is 0.672. The van der Waals surface area contributed by atoms with Crippen molar-refractivity contribution in [1.82, 2.24) is 4.90 Å². The number of aryl methyl sites for hydroxylation is 2. The van der Waals surface area contributed by atoms with Gasteiger partial charge in [0, 0.05) is 0 Å². The molecule has 0 aromatic heterocycles. The van der Waals surface area contributed by atoms with Crippen molar-refractivity contribution in [2.45, 2.75) is 20.8 Å². The number of ether oxygens (including phenoxy) is 1. The number of rotatable bonds is 4. The molecule has 0 saturated carbocycles. The van der Waals surface area contributed by atoms with E-state index in [0.717, 1.165) is 16.7 Å². The third-order valence-corrected chi connectivity index (χ3v) is 4.18. The SMILES string of the molecule is CCOC(=O)CN1C(=O)SC(=Cc2cc(C)c(O)c(C)c2)C1=O. The van der Waals surface area contributed by atoms with E-state index in [-0.39, 0.29) is 23.8 Å². The first kappa shape index (κ1) is 17.1. The number of imide groups is 1. The highest BCUT2D eigenvalue weighted by atomic mass is 32.2. The Morgan fingerprint density at radius 3 is 2.48 bits per heavy atom. The number of aromatic hydroxyl groups is 1. The molecule has 1 aliphatic heterocycles. The summed E-state index contributed by atoms with van der Waals surface area (Å²) in [5.41, 5.74) is 2.07. The highest BCUT2D eigenvalue weighted by molar-refractivity contribution is 8.18. The molecule has 1 aliphatic rings. The fourth-order valence-corrected chi connectivity index (χ4v) is 3.03. The molecule has 1 aromatic carbocycles. The molecule has 2 amide bonds. The predicted molar refractivity (Wildman–Crippen MR) is 86.9 cm³/mol. The molecule has 1 N–H and O–H groups in total. The van der Waals surface area contributed by atoms with Crippen LogP contribution in [0.2, 0.25) is 0 Å². The normalized spacial score (nSPS) is 16.3. The van der Waals surface area contributed by atoms with Crippen LogP contribution in [0.5, 0.6) is 5.75 Å². The van der Waals surface area contributed by atoms with Crippen molar-refractivity contribution in [3.63, 3.8) is 0 Å². The van der Waals surface area contributed by atoms with E-state index in [1.807, 2.05) is 0 Å². The first-order valence-corrected chi connectivity index (χ1v) is 7.86. The van der Waals surface area contributed by atoms with Crippen LogP contribution in [-0.4, -0.2) is 40.3 Å². The summed E-state index contributed by atoms with van der Waals surface area (Å²) in [5.74, 6) is -0.929. The first-order chi connectivity index (χ1) is 10.8. The van der Waals surface area contributed by atoms with Crippen LogP contribution in [0.25, 0.3) is 6.08 Å². The Hall–Kier alpha value is -2.28. The topological polar surface area (TPSA) is 83.9 Å². The number of benzene rings is 1. The second-order valence-corrected chi connectivity index (χ2v) is 6.07. The van der Waals surface area contributed by atoms with Gasteiger partial charge in [-0.2, -0.15) is 0 Å². The van der Waals surface area contributed by atoms with E-state index in [4.69, 9.17) is 4.74 Å². The molecule has 0 unspecified atom stereocenters. The molecule has 6 nitrogen and oxygen atoms in total. The summed E-state index contributed by atoms with van der Waals surface area (Å²) in [7, 11) is 0. The lowest BCUT2D eigenvalue weighted by Crippen LogP contribution is -2.34. The van der Waals surface area contributed by atoms with E-state index in [2.05, 4.69) is 0 Å². The Balaban J connectivity index is 2.23. The van der Waals surface area contributed by atoms with Gasteiger partial charge in [0.25, 0.3) is 11.1 Å². The number of carbonyl (C=O) groups excluding carboxylic acids is 3. The Bertz CT molecular complexity index is 687. The highest BCUT2D eigenvalue weighted by Crippen LogP contribution is 2.33. The number of hydrogen-bond donors (Lipinski definition) is 1. The maximum Gasteiger partial charge on any atom is 0.326 e. The molecule has 0 bridgehead atoms. The molecule has 23 heavy (non-hydrogen) atoms. The van der Waals surface area contributed by atoms with Crippen LogP contribution in [0, 0.1) is 13.8 Å². The zero-order valence-corrected chi connectivity index (χ0v) is 13.9. The van der Waals surface area contributed by atoms with Crippen LogP contribution >= 0.6 is 11.8 Å². The van der Waals surface area contributed by atoms with Gasteiger partial charge in [-0.05, 0) is 67.4 Å². The summed E-state index contributed by atoms with van der Waals surface area (Å²) < 4.78 is 4.76. The molecule has 0 radical (unpaired) electrons. The van der Waals surface area contributed by atoms with Gasteiger partial charge in [-0.25, -0.2) is 0 Å². The van der Waals surface area contributed by atoms with Gasteiger partial charge in [0.05, 0.1) is 11.5 Å². The third kappa shape index (κ3) is 3.73. The summed E-state index contributed by atoms with van der Waals surface area (Å²) in [6, 6.07) is 3.45. The molecular weight excluding hydrogens is 318 g/mol. The molecule has 1 saturated heterocycles. The predicted octanol–water partition coefficient (Wildman–Crippen LogP) is 2.61. The number of nitrogens with zero attached hydrogens (tertiary/aromatic N) is 1. The van der Waals surface area contributed by atoms with Gasteiger partial charge in [0.15, 0.2) is 0 Å². The van der Waals surface area contributed by atoms with Gasteiger partial charge in [0.1, 0.15) is 12.3 Å². The summed E-state index contributed by atoms with van der Waals surface area (Å²) >= 11 is 0.781. The highest BCUT2D eigenvalue weighted by Gasteiger charge is 2.36. The summed E-state index contributed by atoms with van der Waals surface area (Å²) in [5, 5.41) is 9.27. The van der Waals surface area contributed by atoms with E-state index in [0.29, 0.717) is 16.7 Å². The zero-order chi connectivity index (χ0) is 17.1. The molecule has 0 spiro atoms. The largest absolute Gasteiger partial charge is 0.507 e. The van der Waals surface area contributed by atoms with Crippen LogP contribution in [0.1, 0.15) is 23.6 Å². The molecule has 0 aliphatic carbocycles. The molecule has 2 rings (SSSR count). The number of phenols is 1. The maximum absolute atomic E-state index is 12.3. The minimum absolute atomic E-state index is 0.191. The Morgan fingerprint density at radius 1 is 1.30 bits per heavy atom. The Kier molecular flexibility index (Phi) is 5.10. The number of thioether (sulfide) groups is 1. The summed E-state index contributed by atoms with van der Waals surface area (Å²) in [6.07, 6.45) is 1.58. The molecule has 0 atom stereocenters. The van der Waals surface area contributed by atoms with Gasteiger partial charge in [-0.15, -0.1) is 0 Å². The van der Waals surface area contributed by atoms with E-state index < -0.39 is 17.1 Å². The third-order valence-electron chi connectivity index (χ3n) is 3.28. The zero-order valence-electron chi connectivity index (χ0n) is 13.1. The molecular formula is C16H17NO5S. The maximum atomic E-state index is 12.3. The van der Waals surface area contributed by atoms with Crippen LogP contribution < -0.4 is 0 Å². The van der Waals surface area contributed by atoms with Crippen LogP contribution in [-0.2, 0) is 14.3 Å². The number of amides is 2.